The normalized spacial score (nSPS) is 18.5. The number of nitro benzene ring substituents is 1. The zero-order valence-corrected chi connectivity index (χ0v) is 11.2. The van der Waals surface area contributed by atoms with Crippen LogP contribution in [0, 0.1) is 34.2 Å². The predicted octanol–water partition coefficient (Wildman–Crippen LogP) is 2.48. The summed E-state index contributed by atoms with van der Waals surface area (Å²) in [5.74, 6) is 0.786. The average Bonchev–Trinajstić information content (AvgIpc) is 2.73. The van der Waals surface area contributed by atoms with Crippen LogP contribution >= 0.6 is 15.9 Å². The number of benzene rings is 1. The topological polar surface area (TPSA) is 63.5 Å². The molecular formula is C12H8BrFN2O3. The van der Waals surface area contributed by atoms with Crippen LogP contribution in [0.4, 0.5) is 15.8 Å². The molecule has 0 N–H and O–H groups in total. The van der Waals surface area contributed by atoms with Crippen LogP contribution in [0.2, 0.25) is 0 Å². The van der Waals surface area contributed by atoms with Gasteiger partial charge in [0.1, 0.15) is 5.69 Å². The van der Waals surface area contributed by atoms with Gasteiger partial charge in [0.05, 0.1) is 9.40 Å². The van der Waals surface area contributed by atoms with E-state index < -0.39 is 16.4 Å². The largest absolute Gasteiger partial charge is 0.329 e. The third-order valence-electron chi connectivity index (χ3n) is 2.88. The van der Waals surface area contributed by atoms with Crippen molar-refractivity contribution in [1.29, 1.82) is 0 Å². The molecule has 98 valence electrons. The lowest BCUT2D eigenvalue weighted by Gasteiger charge is -2.16. The first-order valence-electron chi connectivity index (χ1n) is 5.34. The lowest BCUT2D eigenvalue weighted by molar-refractivity contribution is -0.386. The molecule has 1 aliphatic rings. The summed E-state index contributed by atoms with van der Waals surface area (Å²) in [4.78, 5) is 23.1. The zero-order chi connectivity index (χ0) is 14.2. The lowest BCUT2D eigenvalue weighted by atomic mass is 10.1. The van der Waals surface area contributed by atoms with Gasteiger partial charge in [0.15, 0.2) is 0 Å². The number of nitro groups is 1. The molecule has 1 aliphatic heterocycles. The molecule has 1 atom stereocenters. The maximum absolute atomic E-state index is 13.8. The van der Waals surface area contributed by atoms with Crippen LogP contribution in [-0.2, 0) is 4.79 Å². The molecule has 0 radical (unpaired) electrons. The smallest absolute Gasteiger partial charge is 0.305 e. The molecule has 5 nitrogen and oxygen atoms in total. The summed E-state index contributed by atoms with van der Waals surface area (Å²) in [7, 11) is 0. The number of carbonyl (C=O) groups excluding carboxylic acids is 1. The van der Waals surface area contributed by atoms with E-state index in [0.29, 0.717) is 0 Å². The summed E-state index contributed by atoms with van der Waals surface area (Å²) in [6.45, 7) is 0.164. The summed E-state index contributed by atoms with van der Waals surface area (Å²) in [5, 5.41) is 11.0. The SMILES string of the molecule is C#CC1CC(=O)N(c2ccc(Br)c(F)c2[N+](=O)[O-])C1. The van der Waals surface area contributed by atoms with Crippen molar-refractivity contribution < 1.29 is 14.1 Å². The number of nitrogens with zero attached hydrogens (tertiary/aromatic N) is 2. The van der Waals surface area contributed by atoms with Gasteiger partial charge in [-0.05, 0) is 28.1 Å². The molecule has 1 amide bonds. The molecule has 1 unspecified atom stereocenters. The van der Waals surface area contributed by atoms with Crippen LogP contribution in [0.15, 0.2) is 16.6 Å². The van der Waals surface area contributed by atoms with Crippen molar-refractivity contribution in [1.82, 2.24) is 0 Å². The van der Waals surface area contributed by atoms with Crippen molar-refractivity contribution in [3.05, 3.63) is 32.5 Å². The van der Waals surface area contributed by atoms with E-state index in [1.807, 2.05) is 0 Å². The monoisotopic (exact) mass is 326 g/mol. The maximum atomic E-state index is 13.8. The van der Waals surface area contributed by atoms with Crippen LogP contribution < -0.4 is 4.90 Å². The molecule has 1 fully saturated rings. The van der Waals surface area contributed by atoms with E-state index in [4.69, 9.17) is 6.42 Å². The molecule has 0 aliphatic carbocycles. The van der Waals surface area contributed by atoms with E-state index in [1.54, 1.807) is 0 Å². The second-order valence-corrected chi connectivity index (χ2v) is 4.91. The second kappa shape index (κ2) is 4.97. The van der Waals surface area contributed by atoms with Gasteiger partial charge in [-0.25, -0.2) is 0 Å². The van der Waals surface area contributed by atoms with E-state index in [9.17, 15) is 19.3 Å². The average molecular weight is 327 g/mol. The minimum atomic E-state index is -1.00. The number of carbonyl (C=O) groups is 1. The van der Waals surface area contributed by atoms with Gasteiger partial charge in [0.2, 0.25) is 11.7 Å². The van der Waals surface area contributed by atoms with Crippen molar-refractivity contribution in [2.75, 3.05) is 11.4 Å². The molecule has 1 aromatic rings. The van der Waals surface area contributed by atoms with Gasteiger partial charge in [-0.15, -0.1) is 12.3 Å². The molecule has 0 spiro atoms. The van der Waals surface area contributed by atoms with Gasteiger partial charge in [-0.1, -0.05) is 0 Å². The van der Waals surface area contributed by atoms with E-state index >= 15 is 0 Å². The Kier molecular flexibility index (Phi) is 3.53. The Labute approximate surface area is 116 Å². The fraction of sp³-hybridized carbons (Fsp3) is 0.250. The number of amides is 1. The zero-order valence-electron chi connectivity index (χ0n) is 9.60. The van der Waals surface area contributed by atoms with Gasteiger partial charge in [0.25, 0.3) is 0 Å². The van der Waals surface area contributed by atoms with Crippen molar-refractivity contribution in [3.63, 3.8) is 0 Å². The first kappa shape index (κ1) is 13.5. The van der Waals surface area contributed by atoms with Gasteiger partial charge >= 0.3 is 5.69 Å². The molecule has 0 saturated carbocycles. The lowest BCUT2D eigenvalue weighted by Crippen LogP contribution is -2.25. The van der Waals surface area contributed by atoms with Crippen LogP contribution in [0.25, 0.3) is 0 Å². The number of anilines is 1. The van der Waals surface area contributed by atoms with E-state index in [-0.39, 0.29) is 35.0 Å². The maximum Gasteiger partial charge on any atom is 0.329 e. The standard InChI is InChI=1S/C12H8BrFN2O3/c1-2-7-5-10(17)15(6-7)9-4-3-8(13)11(14)12(9)16(18)19/h1,3-4,7H,5-6H2. The Bertz CT molecular complexity index is 612. The first-order chi connectivity index (χ1) is 8.95. The Hall–Kier alpha value is -1.94. The first-order valence-corrected chi connectivity index (χ1v) is 6.14. The molecule has 19 heavy (non-hydrogen) atoms. The van der Waals surface area contributed by atoms with Gasteiger partial charge in [-0.3, -0.25) is 14.9 Å². The number of hydrogen-bond donors (Lipinski definition) is 0. The fourth-order valence-corrected chi connectivity index (χ4v) is 2.29. The minimum absolute atomic E-state index is 0.0249. The van der Waals surface area contributed by atoms with Gasteiger partial charge in [-0.2, -0.15) is 4.39 Å². The number of rotatable bonds is 2. The van der Waals surface area contributed by atoms with E-state index in [1.165, 1.54) is 12.1 Å². The van der Waals surface area contributed by atoms with Crippen LogP contribution in [-0.4, -0.2) is 17.4 Å². The number of terminal acetylenes is 1. The van der Waals surface area contributed by atoms with Crippen molar-refractivity contribution >= 4 is 33.2 Å². The predicted molar refractivity (Wildman–Crippen MR) is 70.0 cm³/mol. The second-order valence-electron chi connectivity index (χ2n) is 4.06. The quantitative estimate of drug-likeness (QED) is 0.476. The molecule has 1 saturated heterocycles. The van der Waals surface area contributed by atoms with Gasteiger partial charge < -0.3 is 4.90 Å². The third-order valence-corrected chi connectivity index (χ3v) is 3.49. The Morgan fingerprint density at radius 2 is 2.26 bits per heavy atom. The third kappa shape index (κ3) is 2.31. The van der Waals surface area contributed by atoms with Crippen molar-refractivity contribution in [2.45, 2.75) is 6.42 Å². The molecular weight excluding hydrogens is 319 g/mol. The highest BCUT2D eigenvalue weighted by atomic mass is 79.9. The minimum Gasteiger partial charge on any atom is -0.305 e. The summed E-state index contributed by atoms with van der Waals surface area (Å²) >= 11 is 2.88. The number of halogens is 2. The highest BCUT2D eigenvalue weighted by Crippen LogP contribution is 2.37. The van der Waals surface area contributed by atoms with E-state index in [2.05, 4.69) is 21.9 Å². The van der Waals surface area contributed by atoms with Crippen LogP contribution in [0.5, 0.6) is 0 Å². The summed E-state index contributed by atoms with van der Waals surface area (Å²) in [6, 6.07) is 2.66. The molecule has 0 aromatic heterocycles. The Morgan fingerprint density at radius 1 is 1.58 bits per heavy atom. The van der Waals surface area contributed by atoms with Gasteiger partial charge in [0, 0.05) is 18.9 Å². The number of hydrogen-bond acceptors (Lipinski definition) is 3. The Balaban J connectivity index is 2.52. The summed E-state index contributed by atoms with van der Waals surface area (Å²) in [5.41, 5.74) is -0.783. The molecule has 1 heterocycles. The van der Waals surface area contributed by atoms with Crippen LogP contribution in [0.1, 0.15) is 6.42 Å². The molecule has 0 bridgehead atoms. The summed E-state index contributed by atoms with van der Waals surface area (Å²) < 4.78 is 13.8. The fourth-order valence-electron chi connectivity index (χ4n) is 1.97. The molecule has 7 heteroatoms. The van der Waals surface area contributed by atoms with Crippen LogP contribution in [0.3, 0.4) is 0 Å². The van der Waals surface area contributed by atoms with E-state index in [0.717, 1.165) is 4.90 Å². The van der Waals surface area contributed by atoms with Crippen molar-refractivity contribution in [3.8, 4) is 12.3 Å². The molecule has 1 aromatic carbocycles. The van der Waals surface area contributed by atoms with Crippen molar-refractivity contribution in [2.24, 2.45) is 5.92 Å². The highest BCUT2D eigenvalue weighted by molar-refractivity contribution is 9.10. The Morgan fingerprint density at radius 3 is 2.79 bits per heavy atom. The summed E-state index contributed by atoms with van der Waals surface area (Å²) in [6.07, 6.45) is 5.36. The molecule has 2 rings (SSSR count). The highest BCUT2D eigenvalue weighted by Gasteiger charge is 2.35.